The summed E-state index contributed by atoms with van der Waals surface area (Å²) in [5, 5.41) is 7.67. The zero-order valence-electron chi connectivity index (χ0n) is 32.2. The third kappa shape index (κ3) is 6.37. The molecular formula is C43H48FN5O4SSi. The largest absolute Gasteiger partial charge is 0.466 e. The zero-order valence-corrected chi connectivity index (χ0v) is 34.1. The molecule has 0 bridgehead atoms. The Balaban J connectivity index is 1.29. The maximum atomic E-state index is 16.2. The molecule has 3 aliphatic rings. The van der Waals surface area contributed by atoms with Crippen LogP contribution in [-0.4, -0.2) is 40.5 Å². The molecule has 286 valence electrons. The van der Waals surface area contributed by atoms with Gasteiger partial charge >= 0.3 is 6.03 Å². The summed E-state index contributed by atoms with van der Waals surface area (Å²) in [6.07, 6.45) is 4.06. The highest BCUT2D eigenvalue weighted by Crippen LogP contribution is 2.46. The van der Waals surface area contributed by atoms with Gasteiger partial charge in [-0.15, -0.1) is 0 Å². The predicted octanol–water partition coefficient (Wildman–Crippen LogP) is 8.95. The lowest BCUT2D eigenvalue weighted by Crippen LogP contribution is -2.47. The highest BCUT2D eigenvalue weighted by Gasteiger charge is 2.46. The molecular weight excluding hydrogens is 730 g/mol. The fourth-order valence-electron chi connectivity index (χ4n) is 7.55. The van der Waals surface area contributed by atoms with Crippen LogP contribution in [0.25, 0.3) is 0 Å². The monoisotopic (exact) mass is 777 g/mol. The summed E-state index contributed by atoms with van der Waals surface area (Å²) in [5.41, 5.74) is 3.58. The number of hydrogen-bond acceptors (Lipinski definition) is 6. The van der Waals surface area contributed by atoms with Crippen LogP contribution in [0.5, 0.6) is 5.88 Å². The molecule has 0 radical (unpaired) electrons. The third-order valence-electron chi connectivity index (χ3n) is 11.9. The second kappa shape index (κ2) is 13.5. The molecule has 0 fully saturated rings. The van der Waals surface area contributed by atoms with Crippen LogP contribution in [0.2, 0.25) is 18.1 Å². The lowest BCUT2D eigenvalue weighted by molar-refractivity contribution is 0.0449. The van der Waals surface area contributed by atoms with Crippen molar-refractivity contribution >= 4 is 30.0 Å². The van der Waals surface area contributed by atoms with Crippen molar-refractivity contribution in [2.75, 3.05) is 11.9 Å². The number of rotatable bonds is 10. The molecule has 2 heterocycles. The molecule has 9 nitrogen and oxygen atoms in total. The smallest absolute Gasteiger partial charge is 0.331 e. The van der Waals surface area contributed by atoms with Crippen molar-refractivity contribution < 1.29 is 22.6 Å². The highest BCUT2D eigenvalue weighted by atomic mass is 32.2. The molecule has 0 unspecified atom stereocenters. The van der Waals surface area contributed by atoms with Gasteiger partial charge < -0.3 is 14.5 Å². The molecule has 2 atom stereocenters. The minimum absolute atomic E-state index is 0.00639. The molecule has 5 aromatic rings. The minimum Gasteiger partial charge on any atom is -0.466 e. The number of halogens is 1. The van der Waals surface area contributed by atoms with Crippen LogP contribution < -0.4 is 14.8 Å². The molecule has 0 saturated carbocycles. The predicted molar refractivity (Wildman–Crippen MR) is 216 cm³/mol. The molecule has 4 aromatic carbocycles. The van der Waals surface area contributed by atoms with Gasteiger partial charge in [0.15, 0.2) is 18.2 Å². The van der Waals surface area contributed by atoms with Gasteiger partial charge in [-0.05, 0) is 89.7 Å². The quantitative estimate of drug-likeness (QED) is 0.109. The van der Waals surface area contributed by atoms with Crippen molar-refractivity contribution in [3.05, 3.63) is 142 Å². The Morgan fingerprint density at radius 2 is 1.38 bits per heavy atom. The average molecular weight is 778 g/mol. The minimum atomic E-state index is -3.96. The number of carbonyl (C=O) groups is 1. The fourth-order valence-corrected chi connectivity index (χ4v) is 10.5. The number of amides is 2. The van der Waals surface area contributed by atoms with E-state index in [0.717, 1.165) is 27.8 Å². The van der Waals surface area contributed by atoms with Crippen LogP contribution in [0.3, 0.4) is 0 Å². The number of urea groups is 1. The number of aromatic nitrogens is 2. The first kappa shape index (κ1) is 37.2. The molecule has 8 rings (SSSR count). The number of ether oxygens (including phenoxy) is 1. The molecule has 0 spiro atoms. The normalized spacial score (nSPS) is 18.4. The molecule has 2 N–H and O–H groups in total. The first-order valence-electron chi connectivity index (χ1n) is 18.9. The van der Waals surface area contributed by atoms with Gasteiger partial charge in [-0.2, -0.15) is 9.46 Å². The molecule has 2 aliphatic carbocycles. The van der Waals surface area contributed by atoms with Crippen molar-refractivity contribution in [3.63, 3.8) is 0 Å². The Morgan fingerprint density at radius 3 is 1.84 bits per heavy atom. The summed E-state index contributed by atoms with van der Waals surface area (Å²) in [6, 6.07) is 28.3. The SMILES string of the molecule is CC(C)(C)[Si](C)(C)OC[C@@]1(C)Cn2ncc([S@@](=O)(=NC(c3ccccc3)(c3ccccc3)c3ccccc3)NC(=O)Nc3c4c(c(F)c5c3CC5)CC4)c2O1. The van der Waals surface area contributed by atoms with Crippen molar-refractivity contribution in [2.24, 2.45) is 4.36 Å². The van der Waals surface area contributed by atoms with E-state index in [0.29, 0.717) is 55.6 Å². The van der Waals surface area contributed by atoms with Crippen LogP contribution >= 0.6 is 0 Å². The number of nitrogens with zero attached hydrogens (tertiary/aromatic N) is 3. The summed E-state index contributed by atoms with van der Waals surface area (Å²) in [7, 11) is -6.10. The van der Waals surface area contributed by atoms with Gasteiger partial charge in [-0.25, -0.2) is 22.8 Å². The second-order valence-corrected chi connectivity index (χ2v) is 23.3. The van der Waals surface area contributed by atoms with Crippen molar-refractivity contribution in [3.8, 4) is 5.88 Å². The number of fused-ring (bicyclic) bond motifs is 3. The van der Waals surface area contributed by atoms with Crippen LogP contribution in [-0.2, 0) is 52.1 Å². The lowest BCUT2D eigenvalue weighted by atomic mass is 9.76. The molecule has 1 aliphatic heterocycles. The number of benzene rings is 4. The van der Waals surface area contributed by atoms with E-state index in [4.69, 9.17) is 13.5 Å². The van der Waals surface area contributed by atoms with Gasteiger partial charge in [-0.1, -0.05) is 112 Å². The van der Waals surface area contributed by atoms with E-state index in [1.165, 1.54) is 6.20 Å². The van der Waals surface area contributed by atoms with Gasteiger partial charge in [-0.3, -0.25) is 0 Å². The summed E-state index contributed by atoms with van der Waals surface area (Å²) in [6.45, 7) is 13.6. The number of hydrogen-bond donors (Lipinski definition) is 2. The maximum absolute atomic E-state index is 16.2. The van der Waals surface area contributed by atoms with E-state index >= 15 is 8.60 Å². The maximum Gasteiger partial charge on any atom is 0.331 e. The summed E-state index contributed by atoms with van der Waals surface area (Å²) in [5.74, 6) is 0.104. The Labute approximate surface area is 324 Å². The average Bonchev–Trinajstić information content (AvgIpc) is 3.66. The number of anilines is 1. The van der Waals surface area contributed by atoms with Crippen LogP contribution in [0, 0.1) is 5.82 Å². The Morgan fingerprint density at radius 1 is 0.891 bits per heavy atom. The van der Waals surface area contributed by atoms with Gasteiger partial charge in [0.25, 0.3) is 0 Å². The van der Waals surface area contributed by atoms with Crippen LogP contribution in [0.15, 0.2) is 106 Å². The Kier molecular flexibility index (Phi) is 9.09. The first-order chi connectivity index (χ1) is 26.1. The van der Waals surface area contributed by atoms with Gasteiger partial charge in [0.2, 0.25) is 5.88 Å². The van der Waals surface area contributed by atoms with Crippen LogP contribution in [0.4, 0.5) is 14.9 Å². The highest BCUT2D eigenvalue weighted by molar-refractivity contribution is 7.92. The van der Waals surface area contributed by atoms with Gasteiger partial charge in [0.1, 0.15) is 21.9 Å². The topological polar surface area (TPSA) is 107 Å². The van der Waals surface area contributed by atoms with E-state index in [-0.39, 0.29) is 21.6 Å². The van der Waals surface area contributed by atoms with E-state index in [1.807, 2.05) is 97.9 Å². The first-order valence-corrected chi connectivity index (χ1v) is 23.3. The van der Waals surface area contributed by atoms with Crippen molar-refractivity contribution in [2.45, 2.75) is 94.1 Å². The third-order valence-corrected chi connectivity index (χ3v) is 18.2. The molecule has 55 heavy (non-hydrogen) atoms. The standard InChI is InChI=1S/C43H48FN5O4SSi/c1-41(2,3)55(5,6)52-28-42(4)27-49-39(53-42)36(26-45-49)54(51,47-40(50)46-38-34-24-22-32(34)37(44)33-23-25-35(33)38)48-43(29-16-10-7-11-17-29,30-18-12-8-13-19-30)31-20-14-9-15-21-31/h7-21,26H,22-25,27-28H2,1-6H3,(H2,46,47,48,50,51)/t42-,54+/m1/s1. The fraction of sp³-hybridized carbons (Fsp3) is 0.349. The molecule has 0 saturated heterocycles. The van der Waals surface area contributed by atoms with Gasteiger partial charge in [0, 0.05) is 5.69 Å². The Bertz CT molecular complexity index is 2280. The summed E-state index contributed by atoms with van der Waals surface area (Å²) < 4.78 is 54.6. The van der Waals surface area contributed by atoms with Crippen molar-refractivity contribution in [1.29, 1.82) is 0 Å². The van der Waals surface area contributed by atoms with Crippen LogP contribution in [0.1, 0.15) is 66.6 Å². The Hall–Kier alpha value is -4.78. The molecule has 1 aromatic heterocycles. The molecule has 12 heteroatoms. The summed E-state index contributed by atoms with van der Waals surface area (Å²) in [4.78, 5) is 14.5. The van der Waals surface area contributed by atoms with Gasteiger partial charge in [0.05, 0.1) is 19.3 Å². The van der Waals surface area contributed by atoms with E-state index < -0.39 is 35.4 Å². The van der Waals surface area contributed by atoms with Crippen molar-refractivity contribution in [1.82, 2.24) is 14.5 Å². The number of nitrogens with one attached hydrogen (secondary N) is 2. The lowest BCUT2D eigenvalue weighted by Gasteiger charge is -2.38. The molecule has 2 amide bonds. The zero-order chi connectivity index (χ0) is 38.8. The van der Waals surface area contributed by atoms with E-state index in [2.05, 4.69) is 49.0 Å². The van der Waals surface area contributed by atoms with E-state index in [1.54, 1.807) is 4.68 Å². The number of carbonyl (C=O) groups excluding carboxylic acids is 1. The summed E-state index contributed by atoms with van der Waals surface area (Å²) >= 11 is 0. The second-order valence-electron chi connectivity index (χ2n) is 16.7. The van der Waals surface area contributed by atoms with E-state index in [9.17, 15) is 4.79 Å².